The van der Waals surface area contributed by atoms with E-state index in [4.69, 9.17) is 19.9 Å². The number of aliphatic hydroxyl groups excluding tert-OH is 1. The number of carbonyl (C=O) groups excluding carboxylic acids is 7. The van der Waals surface area contributed by atoms with Crippen LogP contribution in [0.1, 0.15) is 119 Å². The fourth-order valence-electron chi connectivity index (χ4n) is 9.55. The molecule has 0 aromatic heterocycles. The van der Waals surface area contributed by atoms with Gasteiger partial charge in [0.15, 0.2) is 0 Å². The molecular weight excluding hydrogens is 949 g/mol. The number of likely N-dealkylation sites (N-methyl/N-ethyl adjacent to an activating group) is 2. The van der Waals surface area contributed by atoms with Crippen molar-refractivity contribution < 1.29 is 52.9 Å². The van der Waals surface area contributed by atoms with Gasteiger partial charge in [-0.2, -0.15) is 0 Å². The van der Waals surface area contributed by atoms with Crippen molar-refractivity contribution in [2.45, 2.75) is 169 Å². The molecule has 0 bridgehead atoms. The summed E-state index contributed by atoms with van der Waals surface area (Å²) in [6.45, 7) is 20.2. The Hall–Kier alpha value is -5.63. The summed E-state index contributed by atoms with van der Waals surface area (Å²) in [4.78, 5) is 100.0. The number of nitrogens with two attached hydrogens (primary N) is 1. The first-order valence-electron chi connectivity index (χ1n) is 26.1. The minimum Gasteiger partial charge on any atom is -0.445 e. The van der Waals surface area contributed by atoms with Crippen LogP contribution < -0.4 is 27.0 Å². The molecule has 2 unspecified atom stereocenters. The summed E-state index contributed by atoms with van der Waals surface area (Å²) in [5.41, 5.74) is 7.65. The van der Waals surface area contributed by atoms with Gasteiger partial charge in [0.1, 0.15) is 24.7 Å². The minimum absolute atomic E-state index is 0.0620. The van der Waals surface area contributed by atoms with E-state index in [1.165, 1.54) is 26.2 Å². The van der Waals surface area contributed by atoms with Crippen LogP contribution in [-0.2, 0) is 49.6 Å². The quantitative estimate of drug-likeness (QED) is 0.0692. The highest BCUT2D eigenvalue weighted by molar-refractivity contribution is 5.97. The maximum absolute atomic E-state index is 14.7. The van der Waals surface area contributed by atoms with Crippen molar-refractivity contribution in [3.05, 3.63) is 65.7 Å². The zero-order chi connectivity index (χ0) is 55.7. The second-order valence-corrected chi connectivity index (χ2v) is 21.0. The van der Waals surface area contributed by atoms with Crippen molar-refractivity contribution in [3.8, 4) is 0 Å². The molecule has 12 atom stereocenters. The number of anilines is 1. The van der Waals surface area contributed by atoms with Crippen LogP contribution in [-0.4, -0.2) is 151 Å². The van der Waals surface area contributed by atoms with Gasteiger partial charge in [0, 0.05) is 40.5 Å². The third-order valence-corrected chi connectivity index (χ3v) is 14.4. The van der Waals surface area contributed by atoms with E-state index in [-0.39, 0.29) is 54.4 Å². The van der Waals surface area contributed by atoms with Crippen LogP contribution in [0.5, 0.6) is 0 Å². The van der Waals surface area contributed by atoms with Crippen LogP contribution in [0.4, 0.5) is 10.5 Å². The van der Waals surface area contributed by atoms with Crippen molar-refractivity contribution in [1.82, 2.24) is 30.7 Å². The average Bonchev–Trinajstić information content (AvgIpc) is 3.86. The second kappa shape index (κ2) is 29.5. The molecular formula is C55H88N8O11. The van der Waals surface area contributed by atoms with Crippen LogP contribution in [0.25, 0.3) is 0 Å². The lowest BCUT2D eigenvalue weighted by molar-refractivity contribution is -0.148. The summed E-state index contributed by atoms with van der Waals surface area (Å²) in [7, 11) is 6.16. The molecule has 1 fully saturated rings. The lowest BCUT2D eigenvalue weighted by Gasteiger charge is -2.41. The Morgan fingerprint density at radius 2 is 1.38 bits per heavy atom. The standard InChI is InChI=1S/C55H88N8O11/c1-16-34(8)47(42(72-14)29-43(64)63-28-20-23-41(63)49(73-15)35(9)50(66)57-36(10)48(65)39-21-18-17-19-22-39)61(12)54(70)45(32(4)5)60-53(69)46(33(6)7)62(13)55(71)74-30-38-24-26-40(27-25-38)59-51(67)37(11)58-52(68)44(56)31(2)3/h17-19,21-22,24-27,31-37,41-42,44-49,65H,16,20,23,28-30,56H2,1-15H3,(H,57,66)(H,58,68)(H,59,67)(H,60,69)/t34-,35+,36+,37-,41-,42+,44?,45-,46?,47-,48+,49+/m0/s1. The van der Waals surface area contributed by atoms with Crippen molar-refractivity contribution in [3.63, 3.8) is 0 Å². The lowest BCUT2D eigenvalue weighted by Crippen LogP contribution is -2.60. The third kappa shape index (κ3) is 16.9. The number of ether oxygens (including phenoxy) is 3. The van der Waals surface area contributed by atoms with Crippen LogP contribution in [0.15, 0.2) is 54.6 Å². The van der Waals surface area contributed by atoms with Crippen LogP contribution in [0.3, 0.4) is 0 Å². The Balaban J connectivity index is 1.69. The Bertz CT molecular complexity index is 2140. The largest absolute Gasteiger partial charge is 0.445 e. The van der Waals surface area contributed by atoms with E-state index in [1.807, 2.05) is 59.7 Å². The molecule has 0 spiro atoms. The molecule has 0 aliphatic carbocycles. The number of methoxy groups -OCH3 is 2. The Morgan fingerprint density at radius 1 is 0.757 bits per heavy atom. The van der Waals surface area contributed by atoms with E-state index in [1.54, 1.807) is 87.9 Å². The molecule has 1 aliphatic rings. The van der Waals surface area contributed by atoms with Gasteiger partial charge < -0.3 is 56.1 Å². The smallest absolute Gasteiger partial charge is 0.410 e. The summed E-state index contributed by atoms with van der Waals surface area (Å²) in [5.74, 6) is -3.98. The molecule has 7 N–H and O–H groups in total. The van der Waals surface area contributed by atoms with E-state index >= 15 is 0 Å². The number of benzene rings is 2. The molecule has 19 heteroatoms. The molecule has 1 aliphatic heterocycles. The normalized spacial score (nSPS) is 18.2. The number of amides is 7. The molecule has 414 valence electrons. The molecule has 0 radical (unpaired) electrons. The highest BCUT2D eigenvalue weighted by Gasteiger charge is 2.44. The molecule has 2 aromatic rings. The van der Waals surface area contributed by atoms with Crippen molar-refractivity contribution in [1.29, 1.82) is 0 Å². The van der Waals surface area contributed by atoms with Gasteiger partial charge in [-0.25, -0.2) is 4.79 Å². The third-order valence-electron chi connectivity index (χ3n) is 14.4. The molecule has 7 amide bonds. The van der Waals surface area contributed by atoms with E-state index in [0.29, 0.717) is 42.6 Å². The predicted molar refractivity (Wildman–Crippen MR) is 284 cm³/mol. The summed E-state index contributed by atoms with van der Waals surface area (Å²) < 4.78 is 17.6. The first-order valence-corrected chi connectivity index (χ1v) is 26.1. The summed E-state index contributed by atoms with van der Waals surface area (Å²) in [5, 5.41) is 22.2. The molecule has 1 saturated heterocycles. The summed E-state index contributed by atoms with van der Waals surface area (Å²) in [6.07, 6.45) is -1.16. The lowest BCUT2D eigenvalue weighted by atomic mass is 9.89. The van der Waals surface area contributed by atoms with Gasteiger partial charge in [-0.1, -0.05) is 111 Å². The van der Waals surface area contributed by atoms with E-state index < -0.39 is 90.3 Å². The van der Waals surface area contributed by atoms with Crippen molar-refractivity contribution >= 4 is 47.2 Å². The highest BCUT2D eigenvalue weighted by atomic mass is 16.6. The monoisotopic (exact) mass is 1040 g/mol. The van der Waals surface area contributed by atoms with Gasteiger partial charge >= 0.3 is 6.09 Å². The van der Waals surface area contributed by atoms with Crippen molar-refractivity contribution in [2.24, 2.45) is 35.3 Å². The predicted octanol–water partition coefficient (Wildman–Crippen LogP) is 5.01. The fourth-order valence-corrected chi connectivity index (χ4v) is 9.55. The number of likely N-dealkylation sites (tertiary alicyclic amines) is 1. The number of aliphatic hydroxyl groups is 1. The van der Waals surface area contributed by atoms with E-state index in [2.05, 4.69) is 21.3 Å². The van der Waals surface area contributed by atoms with Crippen molar-refractivity contribution in [2.75, 3.05) is 40.2 Å². The topological polar surface area (TPSA) is 251 Å². The first kappa shape index (κ1) is 62.7. The molecule has 1 heterocycles. The summed E-state index contributed by atoms with van der Waals surface area (Å²) in [6, 6.07) is 10.5. The van der Waals surface area contributed by atoms with Gasteiger partial charge in [-0.05, 0) is 73.6 Å². The molecule has 2 aromatic carbocycles. The maximum Gasteiger partial charge on any atom is 0.410 e. The number of hydrogen-bond donors (Lipinski definition) is 6. The molecule has 74 heavy (non-hydrogen) atoms. The SMILES string of the molecule is CC[C@H](C)[C@@H]([C@@H](CC(=O)N1CCC[C@H]1[C@H](OC)[C@@H](C)C(=O)N[C@H](C)[C@@H](O)c1ccccc1)OC)N(C)C(=O)[C@@H](NC(=O)C(C(C)C)N(C)C(=O)OCc1ccc(NC(=O)[C@H](C)NC(=O)C(N)C(C)C)cc1)C(C)C. The fraction of sp³-hybridized carbons (Fsp3) is 0.655. The number of hydrogen-bond acceptors (Lipinski definition) is 12. The maximum atomic E-state index is 14.7. The van der Waals surface area contributed by atoms with E-state index in [9.17, 15) is 38.7 Å². The number of nitrogens with one attached hydrogen (secondary N) is 4. The summed E-state index contributed by atoms with van der Waals surface area (Å²) >= 11 is 0. The van der Waals surface area contributed by atoms with Crippen LogP contribution >= 0.6 is 0 Å². The van der Waals surface area contributed by atoms with Gasteiger partial charge in [0.05, 0.1) is 54.8 Å². The number of rotatable bonds is 27. The Morgan fingerprint density at radius 3 is 1.92 bits per heavy atom. The molecule has 19 nitrogen and oxygen atoms in total. The number of carbonyl (C=O) groups is 7. The molecule has 3 rings (SSSR count). The van der Waals surface area contributed by atoms with Crippen LogP contribution in [0.2, 0.25) is 0 Å². The van der Waals surface area contributed by atoms with Gasteiger partial charge in [-0.3, -0.25) is 33.7 Å². The van der Waals surface area contributed by atoms with E-state index in [0.717, 1.165) is 0 Å². The van der Waals surface area contributed by atoms with Gasteiger partial charge in [0.2, 0.25) is 35.4 Å². The number of nitrogens with zero attached hydrogens (tertiary/aromatic N) is 3. The minimum atomic E-state index is -1.02. The zero-order valence-electron chi connectivity index (χ0n) is 46.5. The Labute approximate surface area is 439 Å². The Kier molecular flexibility index (Phi) is 24.9. The van der Waals surface area contributed by atoms with Crippen LogP contribution in [0, 0.1) is 29.6 Å². The second-order valence-electron chi connectivity index (χ2n) is 21.0. The zero-order valence-corrected chi connectivity index (χ0v) is 46.5. The average molecular weight is 1040 g/mol. The first-order chi connectivity index (χ1) is 34.8. The molecule has 0 saturated carbocycles. The van der Waals surface area contributed by atoms with Gasteiger partial charge in [0.25, 0.3) is 0 Å². The highest BCUT2D eigenvalue weighted by Crippen LogP contribution is 2.30. The van der Waals surface area contributed by atoms with Gasteiger partial charge in [-0.15, -0.1) is 0 Å².